The highest BCUT2D eigenvalue weighted by Crippen LogP contribution is 2.23. The molecule has 0 atom stereocenters. The summed E-state index contributed by atoms with van der Waals surface area (Å²) in [6.45, 7) is 2.53. The van der Waals surface area contributed by atoms with Crippen LogP contribution in [0.3, 0.4) is 0 Å². The first-order chi connectivity index (χ1) is 12.5. The van der Waals surface area contributed by atoms with Gasteiger partial charge in [0.1, 0.15) is 17.9 Å². The van der Waals surface area contributed by atoms with Crippen LogP contribution in [0.25, 0.3) is 10.9 Å². The number of nitrogens with zero attached hydrogens (tertiary/aromatic N) is 1. The summed E-state index contributed by atoms with van der Waals surface area (Å²) in [5.41, 5.74) is 2.57. The molecule has 0 aliphatic carbocycles. The highest BCUT2D eigenvalue weighted by atomic mass is 32.2. The third kappa shape index (κ3) is 5.01. The van der Waals surface area contributed by atoms with Gasteiger partial charge in [0.05, 0.1) is 0 Å². The SMILES string of the molecule is Cc1ccc2cccc(OCCNS(=O)(=O)NCc3ccccc3)c2n1. The van der Waals surface area contributed by atoms with Crippen molar-refractivity contribution in [2.75, 3.05) is 13.2 Å². The number of nitrogens with one attached hydrogen (secondary N) is 2. The van der Waals surface area contributed by atoms with Crippen LogP contribution in [-0.2, 0) is 16.8 Å². The minimum Gasteiger partial charge on any atom is -0.490 e. The summed E-state index contributed by atoms with van der Waals surface area (Å²) < 4.78 is 34.7. The van der Waals surface area contributed by atoms with E-state index in [9.17, 15) is 8.42 Å². The van der Waals surface area contributed by atoms with Crippen molar-refractivity contribution in [1.29, 1.82) is 0 Å². The van der Waals surface area contributed by atoms with Gasteiger partial charge in [-0.2, -0.15) is 17.9 Å². The van der Waals surface area contributed by atoms with Crippen LogP contribution < -0.4 is 14.2 Å². The second-order valence-electron chi connectivity index (χ2n) is 5.83. The fourth-order valence-electron chi connectivity index (χ4n) is 2.50. The Balaban J connectivity index is 1.51. The van der Waals surface area contributed by atoms with Gasteiger partial charge in [-0.15, -0.1) is 0 Å². The largest absolute Gasteiger partial charge is 0.490 e. The van der Waals surface area contributed by atoms with Gasteiger partial charge in [-0.25, -0.2) is 4.98 Å². The fraction of sp³-hybridized carbons (Fsp3) is 0.211. The molecule has 1 heterocycles. The molecule has 136 valence electrons. The first-order valence-corrected chi connectivity index (χ1v) is 9.79. The number of aryl methyl sites for hydroxylation is 1. The molecule has 26 heavy (non-hydrogen) atoms. The van der Waals surface area contributed by atoms with Crippen molar-refractivity contribution in [3.8, 4) is 5.75 Å². The zero-order chi connectivity index (χ0) is 18.4. The number of fused-ring (bicyclic) bond motifs is 1. The molecule has 0 aliphatic heterocycles. The maximum atomic E-state index is 12.0. The van der Waals surface area contributed by atoms with Crippen molar-refractivity contribution in [1.82, 2.24) is 14.4 Å². The van der Waals surface area contributed by atoms with Crippen molar-refractivity contribution in [2.24, 2.45) is 0 Å². The zero-order valence-corrected chi connectivity index (χ0v) is 15.3. The number of hydrogen-bond donors (Lipinski definition) is 2. The maximum absolute atomic E-state index is 12.0. The fourth-order valence-corrected chi connectivity index (χ4v) is 3.31. The van der Waals surface area contributed by atoms with Gasteiger partial charge in [0.15, 0.2) is 0 Å². The predicted octanol–water partition coefficient (Wildman–Crippen LogP) is 2.55. The number of aromatic nitrogens is 1. The van der Waals surface area contributed by atoms with Crippen LogP contribution in [0.5, 0.6) is 5.75 Å². The average Bonchev–Trinajstić information content (AvgIpc) is 2.65. The van der Waals surface area contributed by atoms with Crippen LogP contribution in [0, 0.1) is 6.92 Å². The van der Waals surface area contributed by atoms with E-state index in [1.165, 1.54) is 0 Å². The lowest BCUT2D eigenvalue weighted by atomic mass is 10.2. The molecule has 3 aromatic rings. The van der Waals surface area contributed by atoms with Crippen molar-refractivity contribution in [3.63, 3.8) is 0 Å². The number of rotatable bonds is 8. The molecule has 0 aliphatic rings. The van der Waals surface area contributed by atoms with E-state index in [1.807, 2.05) is 67.6 Å². The first-order valence-electron chi connectivity index (χ1n) is 8.31. The van der Waals surface area contributed by atoms with Gasteiger partial charge >= 0.3 is 0 Å². The third-order valence-electron chi connectivity index (χ3n) is 3.78. The van der Waals surface area contributed by atoms with Crippen LogP contribution in [0.4, 0.5) is 0 Å². The molecule has 0 amide bonds. The number of ether oxygens (including phenoxy) is 1. The Morgan fingerprint density at radius 3 is 2.58 bits per heavy atom. The number of para-hydroxylation sites is 1. The van der Waals surface area contributed by atoms with E-state index in [0.29, 0.717) is 5.75 Å². The van der Waals surface area contributed by atoms with E-state index in [4.69, 9.17) is 4.74 Å². The molecule has 7 heteroatoms. The summed E-state index contributed by atoms with van der Waals surface area (Å²) >= 11 is 0. The second-order valence-corrected chi connectivity index (χ2v) is 7.42. The van der Waals surface area contributed by atoms with Crippen LogP contribution in [0.15, 0.2) is 60.7 Å². The summed E-state index contributed by atoms with van der Waals surface area (Å²) in [5.74, 6) is 0.641. The molecule has 3 rings (SSSR count). The summed E-state index contributed by atoms with van der Waals surface area (Å²) in [5, 5.41) is 0.984. The molecule has 2 N–H and O–H groups in total. The van der Waals surface area contributed by atoms with Crippen molar-refractivity contribution in [2.45, 2.75) is 13.5 Å². The summed E-state index contributed by atoms with van der Waals surface area (Å²) in [6, 6.07) is 19.0. The zero-order valence-electron chi connectivity index (χ0n) is 14.5. The highest BCUT2D eigenvalue weighted by molar-refractivity contribution is 7.87. The molecule has 2 aromatic carbocycles. The van der Waals surface area contributed by atoms with Crippen LogP contribution in [-0.4, -0.2) is 26.6 Å². The maximum Gasteiger partial charge on any atom is 0.277 e. The van der Waals surface area contributed by atoms with Gasteiger partial charge in [-0.3, -0.25) is 0 Å². The lowest BCUT2D eigenvalue weighted by Gasteiger charge is -2.11. The standard InChI is InChI=1S/C19H21N3O3S/c1-15-10-11-17-8-5-9-18(19(17)22-15)25-13-12-20-26(23,24)21-14-16-6-3-2-4-7-16/h2-11,20-21H,12-14H2,1H3. The van der Waals surface area contributed by atoms with Crippen LogP contribution >= 0.6 is 0 Å². The number of pyridine rings is 1. The molecule has 0 bridgehead atoms. The molecule has 0 saturated carbocycles. The Hall–Kier alpha value is -2.48. The van der Waals surface area contributed by atoms with Gasteiger partial charge in [0, 0.05) is 24.2 Å². The normalized spacial score (nSPS) is 11.6. The van der Waals surface area contributed by atoms with Gasteiger partial charge in [-0.05, 0) is 24.6 Å². The Morgan fingerprint density at radius 2 is 1.77 bits per heavy atom. The molecular weight excluding hydrogens is 350 g/mol. The Kier molecular flexibility index (Phi) is 5.82. The van der Waals surface area contributed by atoms with Gasteiger partial charge < -0.3 is 4.74 Å². The summed E-state index contributed by atoms with van der Waals surface area (Å²) in [4.78, 5) is 4.49. The Labute approximate surface area is 153 Å². The topological polar surface area (TPSA) is 80.3 Å². The van der Waals surface area contributed by atoms with E-state index >= 15 is 0 Å². The van der Waals surface area contributed by atoms with E-state index in [2.05, 4.69) is 14.4 Å². The Bertz CT molecular complexity index is 976. The van der Waals surface area contributed by atoms with Crippen molar-refractivity contribution < 1.29 is 13.2 Å². The summed E-state index contributed by atoms with van der Waals surface area (Å²) in [6.07, 6.45) is 0. The molecule has 6 nitrogen and oxygen atoms in total. The molecule has 0 spiro atoms. The van der Waals surface area contributed by atoms with E-state index in [1.54, 1.807) is 0 Å². The highest BCUT2D eigenvalue weighted by Gasteiger charge is 2.09. The predicted molar refractivity (Wildman–Crippen MR) is 102 cm³/mol. The third-order valence-corrected chi connectivity index (χ3v) is 4.89. The van der Waals surface area contributed by atoms with Crippen LogP contribution in [0.1, 0.15) is 11.3 Å². The second kappa shape index (κ2) is 8.27. The lowest BCUT2D eigenvalue weighted by molar-refractivity contribution is 0.325. The van der Waals surface area contributed by atoms with E-state index < -0.39 is 10.2 Å². The molecule has 0 radical (unpaired) electrons. The quantitative estimate of drug-likeness (QED) is 0.597. The number of benzene rings is 2. The van der Waals surface area contributed by atoms with Crippen molar-refractivity contribution in [3.05, 3.63) is 71.9 Å². The summed E-state index contributed by atoms with van der Waals surface area (Å²) in [7, 11) is -3.58. The van der Waals surface area contributed by atoms with E-state index in [0.717, 1.165) is 22.2 Å². The number of hydrogen-bond acceptors (Lipinski definition) is 4. The molecule has 0 saturated heterocycles. The molecular formula is C19H21N3O3S. The lowest BCUT2D eigenvalue weighted by Crippen LogP contribution is -2.38. The van der Waals surface area contributed by atoms with Crippen LogP contribution in [0.2, 0.25) is 0 Å². The first kappa shape index (κ1) is 18.3. The smallest absolute Gasteiger partial charge is 0.277 e. The minimum atomic E-state index is -3.58. The Morgan fingerprint density at radius 1 is 0.962 bits per heavy atom. The average molecular weight is 371 g/mol. The molecule has 0 unspecified atom stereocenters. The van der Waals surface area contributed by atoms with Gasteiger partial charge in [0.25, 0.3) is 10.2 Å². The van der Waals surface area contributed by atoms with Gasteiger partial charge in [0.2, 0.25) is 0 Å². The van der Waals surface area contributed by atoms with Crippen molar-refractivity contribution >= 4 is 21.1 Å². The molecule has 1 aromatic heterocycles. The van der Waals surface area contributed by atoms with E-state index in [-0.39, 0.29) is 19.7 Å². The minimum absolute atomic E-state index is 0.159. The van der Waals surface area contributed by atoms with Gasteiger partial charge in [-0.1, -0.05) is 48.5 Å². The monoisotopic (exact) mass is 371 g/mol. The molecule has 0 fully saturated rings.